The van der Waals surface area contributed by atoms with Crippen LogP contribution in [0.1, 0.15) is 30.4 Å². The Labute approximate surface area is 121 Å². The molecule has 0 aromatic carbocycles. The normalized spacial score (nSPS) is 11.2. The van der Waals surface area contributed by atoms with E-state index >= 15 is 0 Å². The quantitative estimate of drug-likeness (QED) is 0.597. The minimum absolute atomic E-state index is 0.488. The molecule has 1 N–H and O–H groups in total. The second kappa shape index (κ2) is 10.9. The molecule has 0 amide bonds. The molecule has 0 bridgehead atoms. The Morgan fingerprint density at radius 2 is 1.90 bits per heavy atom. The van der Waals surface area contributed by atoms with Crippen LogP contribution in [0.2, 0.25) is 0 Å². The topological polar surface area (TPSA) is 52.9 Å². The number of aryl methyl sites for hydroxylation is 1. The SMILES string of the molecule is CCCNCc1oc(COCCOCCOC)cc1C. The van der Waals surface area contributed by atoms with Crippen LogP contribution in [0.15, 0.2) is 10.5 Å². The van der Waals surface area contributed by atoms with Gasteiger partial charge in [-0.15, -0.1) is 0 Å². The lowest BCUT2D eigenvalue weighted by atomic mass is 10.2. The number of rotatable bonds is 12. The highest BCUT2D eigenvalue weighted by Crippen LogP contribution is 2.15. The number of methoxy groups -OCH3 is 1. The van der Waals surface area contributed by atoms with Crippen LogP contribution in [0, 0.1) is 6.92 Å². The van der Waals surface area contributed by atoms with Gasteiger partial charge in [0.1, 0.15) is 18.1 Å². The second-order valence-electron chi connectivity index (χ2n) is 4.65. The zero-order valence-electron chi connectivity index (χ0n) is 12.9. The van der Waals surface area contributed by atoms with Crippen LogP contribution in [0.4, 0.5) is 0 Å². The summed E-state index contributed by atoms with van der Waals surface area (Å²) in [6.45, 7) is 8.84. The molecule has 0 atom stereocenters. The fraction of sp³-hybridized carbons (Fsp3) is 0.733. The van der Waals surface area contributed by atoms with Gasteiger partial charge in [-0.3, -0.25) is 0 Å². The van der Waals surface area contributed by atoms with Crippen molar-refractivity contribution in [1.82, 2.24) is 5.32 Å². The highest BCUT2D eigenvalue weighted by molar-refractivity contribution is 5.19. The first-order valence-electron chi connectivity index (χ1n) is 7.21. The standard InChI is InChI=1S/C15H27NO4/c1-4-5-16-11-15-13(2)10-14(20-15)12-19-9-8-18-7-6-17-3/h10,16H,4-9,11-12H2,1-3H3. The Balaban J connectivity index is 2.15. The Morgan fingerprint density at radius 3 is 2.65 bits per heavy atom. The van der Waals surface area contributed by atoms with Crippen molar-refractivity contribution >= 4 is 0 Å². The first-order valence-corrected chi connectivity index (χ1v) is 7.21. The maximum atomic E-state index is 5.76. The van der Waals surface area contributed by atoms with Crippen molar-refractivity contribution in [2.45, 2.75) is 33.4 Å². The zero-order chi connectivity index (χ0) is 14.6. The molecular formula is C15H27NO4. The summed E-state index contributed by atoms with van der Waals surface area (Å²) >= 11 is 0. The van der Waals surface area contributed by atoms with Crippen molar-refractivity contribution in [3.63, 3.8) is 0 Å². The van der Waals surface area contributed by atoms with E-state index in [2.05, 4.69) is 19.2 Å². The van der Waals surface area contributed by atoms with E-state index in [4.69, 9.17) is 18.6 Å². The molecule has 0 aliphatic carbocycles. The van der Waals surface area contributed by atoms with Gasteiger partial charge in [0.25, 0.3) is 0 Å². The van der Waals surface area contributed by atoms with E-state index in [0.29, 0.717) is 33.0 Å². The molecule has 0 saturated heterocycles. The van der Waals surface area contributed by atoms with Gasteiger partial charge in [-0.25, -0.2) is 0 Å². The van der Waals surface area contributed by atoms with Gasteiger partial charge in [-0.05, 0) is 31.5 Å². The van der Waals surface area contributed by atoms with Gasteiger partial charge in [-0.1, -0.05) is 6.92 Å². The zero-order valence-corrected chi connectivity index (χ0v) is 12.9. The minimum Gasteiger partial charge on any atom is -0.462 e. The molecule has 0 fully saturated rings. The maximum Gasteiger partial charge on any atom is 0.130 e. The molecule has 1 aromatic heterocycles. The minimum atomic E-state index is 0.488. The van der Waals surface area contributed by atoms with Gasteiger partial charge in [0.05, 0.1) is 33.0 Å². The molecule has 0 spiro atoms. The lowest BCUT2D eigenvalue weighted by Gasteiger charge is -2.04. The molecule has 1 aromatic rings. The Bertz CT molecular complexity index is 352. The molecule has 5 nitrogen and oxygen atoms in total. The number of furan rings is 1. The van der Waals surface area contributed by atoms with Crippen LogP contribution in [-0.2, 0) is 27.4 Å². The van der Waals surface area contributed by atoms with Gasteiger partial charge in [0.15, 0.2) is 0 Å². The summed E-state index contributed by atoms with van der Waals surface area (Å²) < 4.78 is 21.5. The summed E-state index contributed by atoms with van der Waals surface area (Å²) in [7, 11) is 1.66. The summed E-state index contributed by atoms with van der Waals surface area (Å²) in [6.07, 6.45) is 1.12. The summed E-state index contributed by atoms with van der Waals surface area (Å²) in [5.74, 6) is 1.86. The van der Waals surface area contributed by atoms with E-state index in [1.165, 1.54) is 5.56 Å². The van der Waals surface area contributed by atoms with E-state index in [0.717, 1.165) is 31.0 Å². The largest absolute Gasteiger partial charge is 0.462 e. The van der Waals surface area contributed by atoms with Crippen LogP contribution in [0.25, 0.3) is 0 Å². The Kier molecular flexibility index (Phi) is 9.32. The summed E-state index contributed by atoms with van der Waals surface area (Å²) in [5, 5.41) is 3.34. The molecule has 5 heteroatoms. The van der Waals surface area contributed by atoms with E-state index in [1.807, 2.05) is 6.07 Å². The van der Waals surface area contributed by atoms with Crippen molar-refractivity contribution in [3.8, 4) is 0 Å². The smallest absolute Gasteiger partial charge is 0.130 e. The van der Waals surface area contributed by atoms with Gasteiger partial charge in [-0.2, -0.15) is 0 Å². The average Bonchev–Trinajstić information content (AvgIpc) is 2.79. The van der Waals surface area contributed by atoms with E-state index in [9.17, 15) is 0 Å². The first kappa shape index (κ1) is 17.2. The van der Waals surface area contributed by atoms with E-state index < -0.39 is 0 Å². The van der Waals surface area contributed by atoms with Gasteiger partial charge < -0.3 is 23.9 Å². The Hall–Kier alpha value is -0.880. The Morgan fingerprint density at radius 1 is 1.15 bits per heavy atom. The molecule has 0 saturated carbocycles. The molecule has 116 valence electrons. The van der Waals surface area contributed by atoms with Crippen molar-refractivity contribution in [2.24, 2.45) is 0 Å². The summed E-state index contributed by atoms with van der Waals surface area (Å²) in [4.78, 5) is 0. The molecule has 20 heavy (non-hydrogen) atoms. The summed E-state index contributed by atoms with van der Waals surface area (Å²) in [6, 6.07) is 2.04. The van der Waals surface area contributed by atoms with Gasteiger partial charge >= 0.3 is 0 Å². The third kappa shape index (κ3) is 7.05. The molecule has 0 unspecified atom stereocenters. The van der Waals surface area contributed by atoms with Crippen LogP contribution >= 0.6 is 0 Å². The summed E-state index contributed by atoms with van der Waals surface area (Å²) in [5.41, 5.74) is 1.17. The van der Waals surface area contributed by atoms with E-state index in [-0.39, 0.29) is 0 Å². The van der Waals surface area contributed by atoms with Crippen LogP contribution in [0.5, 0.6) is 0 Å². The monoisotopic (exact) mass is 285 g/mol. The first-order chi connectivity index (χ1) is 9.77. The van der Waals surface area contributed by atoms with Crippen molar-refractivity contribution in [1.29, 1.82) is 0 Å². The lowest BCUT2D eigenvalue weighted by Crippen LogP contribution is -2.13. The van der Waals surface area contributed by atoms with Gasteiger partial charge in [0.2, 0.25) is 0 Å². The molecule has 1 heterocycles. The molecule has 1 rings (SSSR count). The predicted octanol–water partition coefficient (Wildman–Crippen LogP) is 2.27. The molecule has 0 radical (unpaired) electrons. The average molecular weight is 285 g/mol. The third-order valence-electron chi connectivity index (χ3n) is 2.83. The number of hydrogen-bond acceptors (Lipinski definition) is 5. The van der Waals surface area contributed by atoms with E-state index in [1.54, 1.807) is 7.11 Å². The third-order valence-corrected chi connectivity index (χ3v) is 2.83. The van der Waals surface area contributed by atoms with Crippen molar-refractivity contribution in [3.05, 3.63) is 23.2 Å². The predicted molar refractivity (Wildman–Crippen MR) is 77.8 cm³/mol. The lowest BCUT2D eigenvalue weighted by molar-refractivity contribution is 0.0159. The highest BCUT2D eigenvalue weighted by atomic mass is 16.5. The molecular weight excluding hydrogens is 258 g/mol. The number of nitrogens with one attached hydrogen (secondary N) is 1. The van der Waals surface area contributed by atoms with Crippen molar-refractivity contribution in [2.75, 3.05) is 40.1 Å². The second-order valence-corrected chi connectivity index (χ2v) is 4.65. The van der Waals surface area contributed by atoms with Crippen LogP contribution < -0.4 is 5.32 Å². The maximum absolute atomic E-state index is 5.76. The van der Waals surface area contributed by atoms with Crippen LogP contribution in [-0.4, -0.2) is 40.1 Å². The fourth-order valence-corrected chi connectivity index (χ4v) is 1.75. The number of hydrogen-bond donors (Lipinski definition) is 1. The molecule has 0 aliphatic heterocycles. The van der Waals surface area contributed by atoms with Crippen molar-refractivity contribution < 1.29 is 18.6 Å². The van der Waals surface area contributed by atoms with Crippen LogP contribution in [0.3, 0.4) is 0 Å². The molecule has 0 aliphatic rings. The highest BCUT2D eigenvalue weighted by Gasteiger charge is 2.07. The number of ether oxygens (including phenoxy) is 3. The van der Waals surface area contributed by atoms with Gasteiger partial charge in [0, 0.05) is 7.11 Å². The fourth-order valence-electron chi connectivity index (χ4n) is 1.75.